The first-order valence-electron chi connectivity index (χ1n) is 11.2. The van der Waals surface area contributed by atoms with Gasteiger partial charge >= 0.3 is 0 Å². The van der Waals surface area contributed by atoms with Gasteiger partial charge in [0.1, 0.15) is 0 Å². The van der Waals surface area contributed by atoms with Crippen molar-refractivity contribution in [3.05, 3.63) is 28.8 Å². The Morgan fingerprint density at radius 3 is 1.89 bits per heavy atom. The maximum absolute atomic E-state index is 13.3. The van der Waals surface area contributed by atoms with Gasteiger partial charge < -0.3 is 4.90 Å². The molecule has 0 amide bonds. The molecule has 1 N–H and O–H groups in total. The van der Waals surface area contributed by atoms with Crippen LogP contribution in [0.3, 0.4) is 0 Å². The Labute approximate surface area is 170 Å². The van der Waals surface area contributed by atoms with Crippen LogP contribution in [0.4, 0.5) is 0 Å². The molecule has 1 aromatic carbocycles. The first kappa shape index (κ1) is 19.1. The third kappa shape index (κ3) is 2.96. The molecular weight excluding hydrogens is 368 g/mol. The number of benzene rings is 1. The van der Waals surface area contributed by atoms with Gasteiger partial charge in [-0.2, -0.15) is 4.31 Å². The highest BCUT2D eigenvalue weighted by atomic mass is 32.2. The van der Waals surface area contributed by atoms with E-state index >= 15 is 0 Å². The van der Waals surface area contributed by atoms with E-state index in [1.54, 1.807) is 9.21 Å². The molecule has 0 unspecified atom stereocenters. The van der Waals surface area contributed by atoms with E-state index in [1.807, 2.05) is 32.9 Å². The summed E-state index contributed by atoms with van der Waals surface area (Å²) in [5.74, 6) is 2.87. The van der Waals surface area contributed by atoms with E-state index in [1.165, 1.54) is 38.5 Å². The lowest BCUT2D eigenvalue weighted by Crippen LogP contribution is -3.23. The summed E-state index contributed by atoms with van der Waals surface area (Å²) in [6, 6.07) is 3.89. The van der Waals surface area contributed by atoms with Gasteiger partial charge in [-0.1, -0.05) is 6.07 Å². The molecule has 4 nitrogen and oxygen atoms in total. The van der Waals surface area contributed by atoms with Crippen LogP contribution in [0.25, 0.3) is 0 Å². The fourth-order valence-electron chi connectivity index (χ4n) is 7.42. The van der Waals surface area contributed by atoms with Crippen molar-refractivity contribution in [2.45, 2.75) is 69.7 Å². The van der Waals surface area contributed by atoms with Gasteiger partial charge in [0.05, 0.1) is 36.6 Å². The fourth-order valence-corrected chi connectivity index (χ4v) is 9.15. The summed E-state index contributed by atoms with van der Waals surface area (Å²) in [4.78, 5) is 2.23. The zero-order chi connectivity index (χ0) is 19.7. The largest absolute Gasteiger partial charge is 0.328 e. The third-order valence-corrected chi connectivity index (χ3v) is 10.6. The lowest BCUT2D eigenvalue weighted by Gasteiger charge is -2.59. The average molecular weight is 404 g/mol. The van der Waals surface area contributed by atoms with Crippen molar-refractivity contribution in [3.8, 4) is 0 Å². The summed E-state index contributed by atoms with van der Waals surface area (Å²) >= 11 is 0. The molecule has 5 aliphatic rings. The second-order valence-electron chi connectivity index (χ2n) is 10.4. The highest BCUT2D eigenvalue weighted by Gasteiger charge is 2.56. The number of quaternary nitrogens is 1. The van der Waals surface area contributed by atoms with Crippen LogP contribution in [-0.2, 0) is 10.0 Å². The minimum Gasteiger partial charge on any atom is -0.328 e. The standard InChI is InChI=1S/C23H34N2O2S/c1-16-8-18(3)22(9-17(16)2)28(26,27)25-6-4-24(5-7-25)23-13-19-10-20(14-23)12-21(11-19)15-23/h8-9,19-21H,4-7,10-15H2,1-3H3/p+1. The summed E-state index contributed by atoms with van der Waals surface area (Å²) in [5.41, 5.74) is 3.56. The lowest BCUT2D eigenvalue weighted by atomic mass is 9.52. The van der Waals surface area contributed by atoms with Crippen molar-refractivity contribution in [2.75, 3.05) is 26.2 Å². The molecular formula is C23H35N2O2S+. The monoisotopic (exact) mass is 403 g/mol. The molecule has 0 aromatic heterocycles. The SMILES string of the molecule is Cc1cc(C)c(S(=O)(=O)N2CC[NH+](C34CC5CC(CC(C5)C3)C4)CC2)cc1C. The molecule has 1 aliphatic heterocycles. The number of rotatable bonds is 3. The molecule has 0 atom stereocenters. The molecule has 5 heteroatoms. The number of hydrogen-bond acceptors (Lipinski definition) is 2. The van der Waals surface area contributed by atoms with Crippen LogP contribution in [0.15, 0.2) is 17.0 Å². The summed E-state index contributed by atoms with van der Waals surface area (Å²) < 4.78 is 28.4. The molecule has 0 spiro atoms. The minimum absolute atomic E-state index is 0.473. The van der Waals surface area contributed by atoms with Crippen molar-refractivity contribution < 1.29 is 13.3 Å². The van der Waals surface area contributed by atoms with E-state index in [9.17, 15) is 8.42 Å². The van der Waals surface area contributed by atoms with Crippen LogP contribution in [0.2, 0.25) is 0 Å². The lowest BCUT2D eigenvalue weighted by molar-refractivity contribution is -0.962. The van der Waals surface area contributed by atoms with Gasteiger partial charge in [-0.15, -0.1) is 0 Å². The number of sulfonamides is 1. The molecule has 4 bridgehead atoms. The van der Waals surface area contributed by atoms with E-state index in [-0.39, 0.29) is 0 Å². The maximum Gasteiger partial charge on any atom is 0.243 e. The Morgan fingerprint density at radius 1 is 0.857 bits per heavy atom. The van der Waals surface area contributed by atoms with Gasteiger partial charge in [-0.05, 0) is 80.5 Å². The Morgan fingerprint density at radius 2 is 1.36 bits per heavy atom. The Bertz CT molecular complexity index is 849. The third-order valence-electron chi connectivity index (χ3n) is 8.52. The maximum atomic E-state index is 13.3. The summed E-state index contributed by atoms with van der Waals surface area (Å²) in [6.07, 6.45) is 8.61. The molecule has 154 valence electrons. The number of piperazine rings is 1. The highest BCUT2D eigenvalue weighted by molar-refractivity contribution is 7.89. The van der Waals surface area contributed by atoms with Crippen LogP contribution in [0.1, 0.15) is 55.2 Å². The van der Waals surface area contributed by atoms with E-state index in [4.69, 9.17) is 0 Å². The Kier molecular flexibility index (Phi) is 4.46. The Hall–Kier alpha value is -0.910. The van der Waals surface area contributed by atoms with Crippen LogP contribution >= 0.6 is 0 Å². The van der Waals surface area contributed by atoms with E-state index in [0.29, 0.717) is 23.5 Å². The second-order valence-corrected chi connectivity index (χ2v) is 12.3. The zero-order valence-corrected chi connectivity index (χ0v) is 18.4. The van der Waals surface area contributed by atoms with Crippen molar-refractivity contribution in [2.24, 2.45) is 17.8 Å². The van der Waals surface area contributed by atoms with E-state index < -0.39 is 10.0 Å². The van der Waals surface area contributed by atoms with Gasteiger partial charge in [0.15, 0.2) is 0 Å². The van der Waals surface area contributed by atoms with E-state index in [0.717, 1.165) is 47.5 Å². The molecule has 1 heterocycles. The molecule has 5 fully saturated rings. The predicted octanol–water partition coefficient (Wildman–Crippen LogP) is 2.47. The van der Waals surface area contributed by atoms with Crippen LogP contribution in [-0.4, -0.2) is 44.4 Å². The van der Waals surface area contributed by atoms with Crippen LogP contribution in [0.5, 0.6) is 0 Å². The smallest absolute Gasteiger partial charge is 0.243 e. The van der Waals surface area contributed by atoms with Crippen molar-refractivity contribution in [3.63, 3.8) is 0 Å². The van der Waals surface area contributed by atoms with E-state index in [2.05, 4.69) is 0 Å². The topological polar surface area (TPSA) is 41.8 Å². The number of nitrogens with zero attached hydrogens (tertiary/aromatic N) is 1. The average Bonchev–Trinajstić information content (AvgIpc) is 2.63. The molecule has 1 aromatic rings. The normalized spacial score (nSPS) is 36.2. The van der Waals surface area contributed by atoms with Crippen molar-refractivity contribution in [1.82, 2.24) is 4.31 Å². The van der Waals surface area contributed by atoms with Crippen LogP contribution in [0, 0.1) is 38.5 Å². The molecule has 1 saturated heterocycles. The predicted molar refractivity (Wildman–Crippen MR) is 111 cm³/mol. The number of nitrogens with one attached hydrogen (secondary N) is 1. The second kappa shape index (κ2) is 6.55. The highest BCUT2D eigenvalue weighted by Crippen LogP contribution is 2.54. The van der Waals surface area contributed by atoms with Gasteiger partial charge in [0.25, 0.3) is 0 Å². The van der Waals surface area contributed by atoms with Crippen LogP contribution < -0.4 is 4.90 Å². The van der Waals surface area contributed by atoms with Gasteiger partial charge in [-0.25, -0.2) is 8.42 Å². The first-order valence-corrected chi connectivity index (χ1v) is 12.6. The Balaban J connectivity index is 1.33. The molecule has 4 saturated carbocycles. The molecule has 4 aliphatic carbocycles. The summed E-state index contributed by atoms with van der Waals surface area (Å²) in [7, 11) is -3.39. The summed E-state index contributed by atoms with van der Waals surface area (Å²) in [6.45, 7) is 9.29. The minimum atomic E-state index is -3.39. The van der Waals surface area contributed by atoms with Gasteiger partial charge in [-0.3, -0.25) is 0 Å². The fraction of sp³-hybridized carbons (Fsp3) is 0.739. The quantitative estimate of drug-likeness (QED) is 0.842. The first-order chi connectivity index (χ1) is 13.3. The van der Waals surface area contributed by atoms with Gasteiger partial charge in [0.2, 0.25) is 10.0 Å². The zero-order valence-electron chi connectivity index (χ0n) is 17.6. The molecule has 0 radical (unpaired) electrons. The molecule has 28 heavy (non-hydrogen) atoms. The summed E-state index contributed by atoms with van der Waals surface area (Å²) in [5, 5.41) is 0. The van der Waals surface area contributed by atoms with Crippen molar-refractivity contribution in [1.29, 1.82) is 0 Å². The van der Waals surface area contributed by atoms with Gasteiger partial charge in [0, 0.05) is 19.3 Å². The number of aryl methyl sites for hydroxylation is 3. The van der Waals surface area contributed by atoms with Crippen molar-refractivity contribution >= 4 is 10.0 Å². The number of hydrogen-bond donors (Lipinski definition) is 1. The molecule has 6 rings (SSSR count).